The van der Waals surface area contributed by atoms with Crippen LogP contribution in [0.2, 0.25) is 0 Å². The molecule has 0 aliphatic rings. The molecular weight excluding hydrogens is 387 g/mol. The minimum absolute atomic E-state index is 0.251. The van der Waals surface area contributed by atoms with Gasteiger partial charge in [0.2, 0.25) is 0 Å². The molecule has 0 radical (unpaired) electrons. The van der Waals surface area contributed by atoms with Crippen LogP contribution in [-0.2, 0) is 12.7 Å². The van der Waals surface area contributed by atoms with Gasteiger partial charge < -0.3 is 15.5 Å². The van der Waals surface area contributed by atoms with Gasteiger partial charge in [-0.05, 0) is 70.8 Å². The van der Waals surface area contributed by atoms with E-state index < -0.39 is 11.7 Å². The lowest BCUT2D eigenvalue weighted by molar-refractivity contribution is -0.137. The van der Waals surface area contributed by atoms with Gasteiger partial charge in [-0.1, -0.05) is 12.1 Å². The molecule has 0 fully saturated rings. The second kappa shape index (κ2) is 9.38. The number of benzene rings is 1. The minimum atomic E-state index is -4.36. The highest BCUT2D eigenvalue weighted by molar-refractivity contribution is 7.80. The van der Waals surface area contributed by atoms with Gasteiger partial charge in [0.15, 0.2) is 5.11 Å². The van der Waals surface area contributed by atoms with E-state index in [0.29, 0.717) is 10.7 Å². The lowest BCUT2D eigenvalue weighted by Gasteiger charge is -2.13. The molecule has 0 saturated heterocycles. The molecule has 0 saturated carbocycles. The second-order valence-electron chi connectivity index (χ2n) is 6.94. The first-order valence-electron chi connectivity index (χ1n) is 8.97. The van der Waals surface area contributed by atoms with Crippen molar-refractivity contribution < 1.29 is 13.2 Å². The highest BCUT2D eigenvalue weighted by Gasteiger charge is 2.30. The van der Waals surface area contributed by atoms with E-state index in [1.165, 1.54) is 6.07 Å². The number of rotatable bonds is 7. The Morgan fingerprint density at radius 1 is 1.25 bits per heavy atom. The van der Waals surface area contributed by atoms with Gasteiger partial charge in [0.1, 0.15) is 0 Å². The third-order valence-electron chi connectivity index (χ3n) is 4.27. The van der Waals surface area contributed by atoms with Crippen LogP contribution < -0.4 is 10.6 Å². The molecule has 0 spiro atoms. The number of hydrogen-bond acceptors (Lipinski definition) is 3. The number of nitrogens with one attached hydrogen (secondary N) is 2. The van der Waals surface area contributed by atoms with E-state index in [1.54, 1.807) is 10.7 Å². The fourth-order valence-electron chi connectivity index (χ4n) is 2.81. The number of aryl methyl sites for hydroxylation is 1. The molecule has 0 aliphatic heterocycles. The van der Waals surface area contributed by atoms with Gasteiger partial charge in [-0.15, -0.1) is 0 Å². The zero-order valence-corrected chi connectivity index (χ0v) is 17.3. The smallest absolute Gasteiger partial charge is 0.362 e. The normalized spacial score (nSPS) is 11.7. The lowest BCUT2D eigenvalue weighted by Crippen LogP contribution is -2.31. The summed E-state index contributed by atoms with van der Waals surface area (Å²) in [4.78, 5) is 2.10. The predicted molar refractivity (Wildman–Crippen MR) is 110 cm³/mol. The molecular formula is C19H26F3N5S. The largest absolute Gasteiger partial charge is 0.416 e. The predicted octanol–water partition coefficient (Wildman–Crippen LogP) is 3.81. The number of halogens is 3. The van der Waals surface area contributed by atoms with Crippen molar-refractivity contribution in [2.45, 2.75) is 33.0 Å². The number of nitrogens with zero attached hydrogens (tertiary/aromatic N) is 3. The summed E-state index contributed by atoms with van der Waals surface area (Å²) in [5.74, 6) is 0. The Labute approximate surface area is 168 Å². The highest BCUT2D eigenvalue weighted by atomic mass is 32.1. The number of thiocarbonyl (C=S) groups is 1. The fraction of sp³-hybridized carbons (Fsp3) is 0.474. The number of anilines is 1. The van der Waals surface area contributed by atoms with Crippen LogP contribution in [0.4, 0.5) is 18.9 Å². The Balaban J connectivity index is 2.04. The molecule has 2 rings (SSSR count). The molecule has 154 valence electrons. The zero-order valence-electron chi connectivity index (χ0n) is 16.5. The topological polar surface area (TPSA) is 45.1 Å². The maximum Gasteiger partial charge on any atom is 0.416 e. The molecule has 0 amide bonds. The Bertz CT molecular complexity index is 814. The van der Waals surface area contributed by atoms with Gasteiger partial charge in [0.05, 0.1) is 29.2 Å². The van der Waals surface area contributed by atoms with Crippen LogP contribution in [0.15, 0.2) is 24.3 Å². The molecule has 1 aromatic heterocycles. The molecule has 0 aliphatic carbocycles. The van der Waals surface area contributed by atoms with Crippen LogP contribution >= 0.6 is 12.2 Å². The van der Waals surface area contributed by atoms with Crippen molar-refractivity contribution in [2.75, 3.05) is 32.5 Å². The summed E-state index contributed by atoms with van der Waals surface area (Å²) in [6.07, 6.45) is -3.40. The van der Waals surface area contributed by atoms with Crippen molar-refractivity contribution in [3.05, 3.63) is 46.8 Å². The summed E-state index contributed by atoms with van der Waals surface area (Å²) >= 11 is 5.33. The second-order valence-corrected chi connectivity index (χ2v) is 7.35. The average molecular weight is 414 g/mol. The summed E-state index contributed by atoms with van der Waals surface area (Å²) in [5.41, 5.74) is 2.20. The third-order valence-corrected chi connectivity index (χ3v) is 4.52. The summed E-state index contributed by atoms with van der Waals surface area (Å²) in [5, 5.41) is 11.3. The quantitative estimate of drug-likeness (QED) is 0.534. The van der Waals surface area contributed by atoms with E-state index in [0.717, 1.165) is 48.7 Å². The standard InChI is InChI=1S/C19H26F3N5S/c1-13-17(24-18(28)23-9-6-10-26(3)4)14(2)27(25-13)12-15-7-5-8-16(11-15)19(20,21)22/h5,7-8,11H,6,9-10,12H2,1-4H3,(H2,23,24,28). The molecule has 5 nitrogen and oxygen atoms in total. The molecule has 0 atom stereocenters. The molecule has 1 aromatic carbocycles. The average Bonchev–Trinajstić information content (AvgIpc) is 2.85. The van der Waals surface area contributed by atoms with E-state index >= 15 is 0 Å². The summed E-state index contributed by atoms with van der Waals surface area (Å²) in [7, 11) is 4.03. The molecule has 28 heavy (non-hydrogen) atoms. The van der Waals surface area contributed by atoms with Crippen molar-refractivity contribution >= 4 is 23.0 Å². The van der Waals surface area contributed by atoms with Crippen molar-refractivity contribution in [3.8, 4) is 0 Å². The lowest BCUT2D eigenvalue weighted by atomic mass is 10.1. The van der Waals surface area contributed by atoms with Gasteiger partial charge in [0, 0.05) is 6.54 Å². The Hall–Kier alpha value is -2.13. The first kappa shape index (κ1) is 22.2. The molecule has 0 bridgehead atoms. The maximum absolute atomic E-state index is 12.9. The van der Waals surface area contributed by atoms with E-state index in [9.17, 15) is 13.2 Å². The molecule has 2 N–H and O–H groups in total. The zero-order chi connectivity index (χ0) is 20.9. The maximum atomic E-state index is 12.9. The van der Waals surface area contributed by atoms with Crippen LogP contribution in [0.5, 0.6) is 0 Å². The minimum Gasteiger partial charge on any atom is -0.362 e. The third kappa shape index (κ3) is 6.20. The van der Waals surface area contributed by atoms with E-state index in [1.807, 2.05) is 27.9 Å². The monoisotopic (exact) mass is 413 g/mol. The first-order valence-corrected chi connectivity index (χ1v) is 9.38. The molecule has 2 aromatic rings. The fourth-order valence-corrected chi connectivity index (χ4v) is 3.01. The van der Waals surface area contributed by atoms with Gasteiger partial charge in [-0.25, -0.2) is 0 Å². The van der Waals surface area contributed by atoms with E-state index in [-0.39, 0.29) is 6.54 Å². The first-order chi connectivity index (χ1) is 13.1. The van der Waals surface area contributed by atoms with E-state index in [2.05, 4.69) is 20.6 Å². The van der Waals surface area contributed by atoms with E-state index in [4.69, 9.17) is 12.2 Å². The van der Waals surface area contributed by atoms with Gasteiger partial charge in [0.25, 0.3) is 0 Å². The van der Waals surface area contributed by atoms with Crippen molar-refractivity contribution in [1.29, 1.82) is 0 Å². The summed E-state index contributed by atoms with van der Waals surface area (Å²) < 4.78 is 40.4. The number of hydrogen-bond donors (Lipinski definition) is 2. The van der Waals surface area contributed by atoms with Crippen LogP contribution in [0.1, 0.15) is 28.9 Å². The van der Waals surface area contributed by atoms with Crippen molar-refractivity contribution in [3.63, 3.8) is 0 Å². The molecule has 0 unspecified atom stereocenters. The molecule has 1 heterocycles. The summed E-state index contributed by atoms with van der Waals surface area (Å²) in [6.45, 7) is 5.67. The van der Waals surface area contributed by atoms with Gasteiger partial charge in [-0.2, -0.15) is 18.3 Å². The number of aromatic nitrogens is 2. The Kier molecular flexibility index (Phi) is 7.42. The summed E-state index contributed by atoms with van der Waals surface area (Å²) in [6, 6.07) is 5.30. The van der Waals surface area contributed by atoms with Gasteiger partial charge >= 0.3 is 6.18 Å². The van der Waals surface area contributed by atoms with Crippen LogP contribution in [0.3, 0.4) is 0 Å². The van der Waals surface area contributed by atoms with Crippen LogP contribution in [-0.4, -0.2) is 47.0 Å². The van der Waals surface area contributed by atoms with Crippen molar-refractivity contribution in [1.82, 2.24) is 20.0 Å². The Morgan fingerprint density at radius 2 is 1.96 bits per heavy atom. The Morgan fingerprint density at radius 3 is 2.61 bits per heavy atom. The van der Waals surface area contributed by atoms with Crippen LogP contribution in [0, 0.1) is 13.8 Å². The highest BCUT2D eigenvalue weighted by Crippen LogP contribution is 2.30. The van der Waals surface area contributed by atoms with Crippen molar-refractivity contribution in [2.24, 2.45) is 0 Å². The van der Waals surface area contributed by atoms with Crippen LogP contribution in [0.25, 0.3) is 0 Å². The van der Waals surface area contributed by atoms with Gasteiger partial charge in [-0.3, -0.25) is 4.68 Å². The SMILES string of the molecule is Cc1nn(Cc2cccc(C(F)(F)F)c2)c(C)c1NC(=S)NCCCN(C)C. The molecule has 9 heteroatoms. The number of alkyl halides is 3.